The maximum Gasteiger partial charge on any atom is 0.268 e. The highest BCUT2D eigenvalue weighted by Crippen LogP contribution is 2.52. The Morgan fingerprint density at radius 2 is 2.03 bits per heavy atom. The fraction of sp³-hybridized carbons (Fsp3) is 0.261. The molecule has 152 valence electrons. The zero-order valence-electron chi connectivity index (χ0n) is 16.4. The van der Waals surface area contributed by atoms with Crippen LogP contribution in [0, 0.1) is 17.7 Å². The number of pyridine rings is 1. The second kappa shape index (κ2) is 8.09. The van der Waals surface area contributed by atoms with Crippen LogP contribution in [0.5, 0.6) is 0 Å². The summed E-state index contributed by atoms with van der Waals surface area (Å²) in [7, 11) is 0. The Balaban J connectivity index is 0.000000313. The van der Waals surface area contributed by atoms with E-state index in [1.165, 1.54) is 13.0 Å². The van der Waals surface area contributed by atoms with Crippen LogP contribution < -0.4 is 5.73 Å². The average molecular weight is 404 g/mol. The number of aromatic nitrogens is 3. The standard InChI is InChI=1S/C18H16FN3O2.C5H5N/c1-9(23)2-3-10-6-14-13(7-15(10)19)11-4-12(5-11)22-8-16(17(20)24)21-18(14)22;1-2-4-6-5-3-1/h6-9,11-12,23H,4-5H2,1H3,(H2,20,24);1-5H. The van der Waals surface area contributed by atoms with E-state index in [9.17, 15) is 14.3 Å². The topological polar surface area (TPSA) is 94.0 Å². The number of aliphatic hydroxyl groups is 1. The number of primary amides is 1. The third-order valence-electron chi connectivity index (χ3n) is 5.29. The van der Waals surface area contributed by atoms with Gasteiger partial charge in [0.05, 0.1) is 5.56 Å². The molecule has 3 aliphatic rings. The van der Waals surface area contributed by atoms with Crippen molar-refractivity contribution >= 4 is 5.91 Å². The second-order valence-electron chi connectivity index (χ2n) is 7.43. The molecule has 3 aromatic rings. The Morgan fingerprint density at radius 3 is 2.60 bits per heavy atom. The summed E-state index contributed by atoms with van der Waals surface area (Å²) in [5, 5.41) is 9.30. The molecule has 2 aromatic heterocycles. The maximum absolute atomic E-state index is 14.4. The van der Waals surface area contributed by atoms with E-state index >= 15 is 0 Å². The van der Waals surface area contributed by atoms with Crippen LogP contribution in [-0.2, 0) is 0 Å². The van der Waals surface area contributed by atoms with Crippen LogP contribution in [0.15, 0.2) is 48.9 Å². The monoisotopic (exact) mass is 404 g/mol. The molecule has 1 unspecified atom stereocenters. The first kappa shape index (κ1) is 19.8. The number of nitrogens with two attached hydrogens (primary N) is 1. The van der Waals surface area contributed by atoms with Gasteiger partial charge in [0, 0.05) is 30.2 Å². The fourth-order valence-corrected chi connectivity index (χ4v) is 3.77. The molecule has 6 nitrogen and oxygen atoms in total. The highest BCUT2D eigenvalue weighted by atomic mass is 19.1. The summed E-state index contributed by atoms with van der Waals surface area (Å²) in [5.74, 6) is 5.16. The van der Waals surface area contributed by atoms with Crippen LogP contribution in [0.2, 0.25) is 0 Å². The summed E-state index contributed by atoms with van der Waals surface area (Å²) in [6, 6.07) is 9.14. The van der Waals surface area contributed by atoms with Crippen molar-refractivity contribution in [2.75, 3.05) is 0 Å². The summed E-state index contributed by atoms with van der Waals surface area (Å²) in [5.41, 5.74) is 7.45. The first-order chi connectivity index (χ1) is 14.4. The molecule has 1 aromatic carbocycles. The molecule has 0 radical (unpaired) electrons. The van der Waals surface area contributed by atoms with Crippen molar-refractivity contribution in [2.24, 2.45) is 5.73 Å². The van der Waals surface area contributed by atoms with E-state index in [0.29, 0.717) is 5.82 Å². The minimum absolute atomic E-state index is 0.210. The number of hydrogen-bond donors (Lipinski definition) is 2. The van der Waals surface area contributed by atoms with Gasteiger partial charge in [0.15, 0.2) is 0 Å². The van der Waals surface area contributed by atoms with Gasteiger partial charge in [0.25, 0.3) is 5.91 Å². The van der Waals surface area contributed by atoms with Gasteiger partial charge in [-0.2, -0.15) is 0 Å². The van der Waals surface area contributed by atoms with Gasteiger partial charge in [0.1, 0.15) is 23.4 Å². The largest absolute Gasteiger partial charge is 0.381 e. The van der Waals surface area contributed by atoms with E-state index in [1.54, 1.807) is 24.7 Å². The predicted molar refractivity (Wildman–Crippen MR) is 110 cm³/mol. The highest BCUT2D eigenvalue weighted by molar-refractivity contribution is 5.91. The number of amides is 1. The minimum atomic E-state index is -0.834. The number of hydrogen-bond acceptors (Lipinski definition) is 4. The van der Waals surface area contributed by atoms with Crippen LogP contribution in [-0.4, -0.2) is 31.7 Å². The second-order valence-corrected chi connectivity index (χ2v) is 7.43. The van der Waals surface area contributed by atoms with Crippen molar-refractivity contribution in [3.05, 3.63) is 71.6 Å². The van der Waals surface area contributed by atoms with Gasteiger partial charge in [-0.15, -0.1) is 0 Å². The molecule has 1 saturated carbocycles. The molecule has 6 rings (SSSR count). The van der Waals surface area contributed by atoms with E-state index in [1.807, 2.05) is 22.8 Å². The Kier molecular flexibility index (Phi) is 5.34. The average Bonchev–Trinajstić information content (AvgIpc) is 3.04. The van der Waals surface area contributed by atoms with Gasteiger partial charge in [-0.25, -0.2) is 9.37 Å². The lowest BCUT2D eigenvalue weighted by Gasteiger charge is -2.34. The summed E-state index contributed by atoms with van der Waals surface area (Å²) in [6.45, 7) is 1.52. The van der Waals surface area contributed by atoms with Crippen molar-refractivity contribution in [1.82, 2.24) is 14.5 Å². The first-order valence-electron chi connectivity index (χ1n) is 9.71. The number of carbonyl (C=O) groups is 1. The van der Waals surface area contributed by atoms with Crippen LogP contribution in [0.4, 0.5) is 4.39 Å². The van der Waals surface area contributed by atoms with E-state index in [4.69, 9.17) is 5.73 Å². The van der Waals surface area contributed by atoms with Crippen LogP contribution in [0.25, 0.3) is 11.4 Å². The normalized spacial score (nSPS) is 18.8. The number of aliphatic hydroxyl groups excluding tert-OH is 1. The first-order valence-corrected chi connectivity index (χ1v) is 9.71. The van der Waals surface area contributed by atoms with Crippen LogP contribution in [0.3, 0.4) is 0 Å². The molecule has 0 saturated heterocycles. The SMILES string of the molecule is CC(O)C#Cc1cc2c(cc1F)C1CC(C1)n1cc(C(N)=O)nc1-2.c1ccncc1. The van der Waals surface area contributed by atoms with E-state index in [-0.39, 0.29) is 23.2 Å². The molecule has 1 fully saturated rings. The molecule has 1 aliphatic carbocycles. The molecule has 30 heavy (non-hydrogen) atoms. The van der Waals surface area contributed by atoms with Crippen molar-refractivity contribution in [1.29, 1.82) is 0 Å². The highest BCUT2D eigenvalue weighted by Gasteiger charge is 2.39. The number of rotatable bonds is 1. The van der Waals surface area contributed by atoms with Gasteiger partial charge in [-0.3, -0.25) is 9.78 Å². The predicted octanol–water partition coefficient (Wildman–Crippen LogP) is 3.03. The summed E-state index contributed by atoms with van der Waals surface area (Å²) >= 11 is 0. The Bertz CT molecular complexity index is 1110. The van der Waals surface area contributed by atoms with E-state index in [0.717, 1.165) is 24.0 Å². The van der Waals surface area contributed by atoms with E-state index in [2.05, 4.69) is 21.8 Å². The lowest BCUT2D eigenvalue weighted by molar-refractivity contribution is 0.0995. The lowest BCUT2D eigenvalue weighted by atomic mass is 9.75. The third-order valence-corrected chi connectivity index (χ3v) is 5.29. The molecular weight excluding hydrogens is 383 g/mol. The minimum Gasteiger partial charge on any atom is -0.381 e. The van der Waals surface area contributed by atoms with Gasteiger partial charge in [-0.05, 0) is 55.5 Å². The molecular formula is C23H21FN4O2. The summed E-state index contributed by atoms with van der Waals surface area (Å²) < 4.78 is 16.3. The zero-order valence-corrected chi connectivity index (χ0v) is 16.4. The summed E-state index contributed by atoms with van der Waals surface area (Å²) in [6.07, 6.45) is 6.14. The Morgan fingerprint density at radius 1 is 1.30 bits per heavy atom. The number of nitrogens with zero attached hydrogens (tertiary/aromatic N) is 3. The smallest absolute Gasteiger partial charge is 0.268 e. The molecule has 3 N–H and O–H groups in total. The van der Waals surface area contributed by atoms with Crippen LogP contribution >= 0.6 is 0 Å². The van der Waals surface area contributed by atoms with Crippen molar-refractivity contribution in [2.45, 2.75) is 37.8 Å². The molecule has 2 bridgehead atoms. The quantitative estimate of drug-likeness (QED) is 0.610. The fourth-order valence-electron chi connectivity index (χ4n) is 3.77. The molecule has 7 heteroatoms. The number of benzene rings is 1. The Labute approximate surface area is 173 Å². The van der Waals surface area contributed by atoms with Gasteiger partial charge in [0.2, 0.25) is 0 Å². The van der Waals surface area contributed by atoms with Gasteiger partial charge in [-0.1, -0.05) is 17.9 Å². The molecule has 1 amide bonds. The Hall–Kier alpha value is -3.50. The van der Waals surface area contributed by atoms with Crippen molar-refractivity contribution in [3.63, 3.8) is 0 Å². The number of carbonyl (C=O) groups excluding carboxylic acids is 1. The molecule has 2 aliphatic heterocycles. The maximum atomic E-state index is 14.4. The van der Waals surface area contributed by atoms with E-state index < -0.39 is 17.8 Å². The zero-order chi connectivity index (χ0) is 21.3. The molecule has 4 heterocycles. The molecule has 0 spiro atoms. The summed E-state index contributed by atoms with van der Waals surface area (Å²) in [4.78, 5) is 19.6. The van der Waals surface area contributed by atoms with Crippen LogP contribution in [0.1, 0.15) is 53.3 Å². The number of imidazole rings is 1. The van der Waals surface area contributed by atoms with Crippen molar-refractivity contribution < 1.29 is 14.3 Å². The third kappa shape index (κ3) is 3.82. The lowest BCUT2D eigenvalue weighted by Crippen LogP contribution is -2.22. The number of halogens is 1. The van der Waals surface area contributed by atoms with Crippen molar-refractivity contribution in [3.8, 4) is 23.2 Å². The van der Waals surface area contributed by atoms with Gasteiger partial charge < -0.3 is 15.4 Å². The molecule has 1 atom stereocenters. The van der Waals surface area contributed by atoms with Gasteiger partial charge >= 0.3 is 0 Å².